The van der Waals surface area contributed by atoms with Gasteiger partial charge in [0.1, 0.15) is 5.82 Å². The molecule has 2 N–H and O–H groups in total. The second kappa shape index (κ2) is 7.64. The Morgan fingerprint density at radius 2 is 2.04 bits per heavy atom. The lowest BCUT2D eigenvalue weighted by atomic mass is 10.1. The van der Waals surface area contributed by atoms with Gasteiger partial charge < -0.3 is 15.2 Å². The Morgan fingerprint density at radius 3 is 2.82 bits per heavy atom. The van der Waals surface area contributed by atoms with Crippen molar-refractivity contribution in [2.75, 3.05) is 18.4 Å². The zero-order valence-corrected chi connectivity index (χ0v) is 15.8. The third kappa shape index (κ3) is 3.87. The number of aromatic nitrogens is 1. The van der Waals surface area contributed by atoms with Crippen molar-refractivity contribution >= 4 is 40.0 Å². The van der Waals surface area contributed by atoms with Crippen LogP contribution in [-0.2, 0) is 16.0 Å². The van der Waals surface area contributed by atoms with Crippen molar-refractivity contribution in [1.29, 1.82) is 0 Å². The molecule has 1 atom stereocenters. The number of amides is 2. The fourth-order valence-corrected chi connectivity index (χ4v) is 3.73. The number of carbonyl (C=O) groups excluding carboxylic acids is 2. The third-order valence-electron chi connectivity index (χ3n) is 5.08. The van der Waals surface area contributed by atoms with Crippen LogP contribution >= 0.6 is 11.6 Å². The van der Waals surface area contributed by atoms with Crippen LogP contribution in [0, 0.1) is 11.7 Å². The van der Waals surface area contributed by atoms with Crippen LogP contribution < -0.4 is 5.32 Å². The Kier molecular flexibility index (Phi) is 5.05. The van der Waals surface area contributed by atoms with Gasteiger partial charge in [0.2, 0.25) is 11.8 Å². The molecule has 1 aliphatic heterocycles. The predicted molar refractivity (Wildman–Crippen MR) is 107 cm³/mol. The van der Waals surface area contributed by atoms with E-state index in [9.17, 15) is 14.0 Å². The molecule has 1 saturated heterocycles. The first-order valence-corrected chi connectivity index (χ1v) is 9.47. The number of nitrogens with zero attached hydrogens (tertiary/aromatic N) is 1. The van der Waals surface area contributed by atoms with Gasteiger partial charge in [-0.15, -0.1) is 0 Å². The summed E-state index contributed by atoms with van der Waals surface area (Å²) in [7, 11) is 0. The third-order valence-corrected chi connectivity index (χ3v) is 5.31. The molecule has 0 saturated carbocycles. The quantitative estimate of drug-likeness (QED) is 0.681. The summed E-state index contributed by atoms with van der Waals surface area (Å²) in [5.74, 6) is -1.02. The van der Waals surface area contributed by atoms with E-state index in [0.29, 0.717) is 30.2 Å². The highest BCUT2D eigenvalue weighted by Crippen LogP contribution is 2.25. The maximum absolute atomic E-state index is 13.0. The van der Waals surface area contributed by atoms with Crippen LogP contribution in [0.5, 0.6) is 0 Å². The van der Waals surface area contributed by atoms with Gasteiger partial charge in [0.05, 0.1) is 5.92 Å². The highest BCUT2D eigenvalue weighted by Gasteiger charge is 2.34. The van der Waals surface area contributed by atoms with Gasteiger partial charge in [-0.2, -0.15) is 0 Å². The van der Waals surface area contributed by atoms with E-state index in [1.54, 1.807) is 4.90 Å². The molecule has 0 spiro atoms. The summed E-state index contributed by atoms with van der Waals surface area (Å²) in [5.41, 5.74) is 2.61. The summed E-state index contributed by atoms with van der Waals surface area (Å²) >= 11 is 6.08. The lowest BCUT2D eigenvalue weighted by Crippen LogP contribution is -2.30. The van der Waals surface area contributed by atoms with E-state index in [1.165, 1.54) is 24.3 Å². The highest BCUT2D eigenvalue weighted by molar-refractivity contribution is 6.31. The fourth-order valence-electron chi connectivity index (χ4n) is 3.55. The van der Waals surface area contributed by atoms with E-state index >= 15 is 0 Å². The van der Waals surface area contributed by atoms with Crippen LogP contribution in [-0.4, -0.2) is 34.8 Å². The first-order chi connectivity index (χ1) is 13.5. The van der Waals surface area contributed by atoms with Crippen molar-refractivity contribution in [2.24, 2.45) is 5.92 Å². The molecule has 0 aliphatic carbocycles. The van der Waals surface area contributed by atoms with Crippen molar-refractivity contribution in [3.05, 3.63) is 65.1 Å². The number of halogens is 2. The summed E-state index contributed by atoms with van der Waals surface area (Å²) in [6.45, 7) is 0.924. The summed E-state index contributed by atoms with van der Waals surface area (Å²) in [6.07, 6.45) is 2.80. The number of H-pyrrole nitrogens is 1. The summed E-state index contributed by atoms with van der Waals surface area (Å²) in [5, 5.41) is 4.46. The predicted octanol–water partition coefficient (Wildman–Crippen LogP) is 3.99. The molecular formula is C21H19ClFN3O2. The number of likely N-dealkylation sites (tertiary alicyclic amines) is 1. The Hall–Kier alpha value is -2.86. The van der Waals surface area contributed by atoms with Gasteiger partial charge in [-0.1, -0.05) is 11.6 Å². The Bertz CT molecular complexity index is 1030. The molecule has 0 radical (unpaired) electrons. The molecule has 28 heavy (non-hydrogen) atoms. The normalized spacial score (nSPS) is 16.7. The van der Waals surface area contributed by atoms with E-state index in [-0.39, 0.29) is 24.1 Å². The molecular weight excluding hydrogens is 381 g/mol. The van der Waals surface area contributed by atoms with Crippen molar-refractivity contribution in [3.63, 3.8) is 0 Å². The molecule has 3 aromatic rings. The van der Waals surface area contributed by atoms with Crippen LogP contribution in [0.4, 0.5) is 10.1 Å². The fraction of sp³-hybridized carbons (Fsp3) is 0.238. The monoisotopic (exact) mass is 399 g/mol. The molecule has 1 aliphatic rings. The number of hydrogen-bond acceptors (Lipinski definition) is 2. The van der Waals surface area contributed by atoms with Crippen LogP contribution in [0.2, 0.25) is 5.02 Å². The maximum atomic E-state index is 13.0. The molecule has 5 nitrogen and oxygen atoms in total. The van der Waals surface area contributed by atoms with Crippen molar-refractivity contribution in [1.82, 2.24) is 9.88 Å². The van der Waals surface area contributed by atoms with Gasteiger partial charge in [0, 0.05) is 47.3 Å². The zero-order valence-electron chi connectivity index (χ0n) is 15.0. The van der Waals surface area contributed by atoms with Crippen LogP contribution in [0.3, 0.4) is 0 Å². The summed E-state index contributed by atoms with van der Waals surface area (Å²) in [4.78, 5) is 29.7. The second-order valence-corrected chi connectivity index (χ2v) is 7.43. The van der Waals surface area contributed by atoms with Gasteiger partial charge in [0.25, 0.3) is 0 Å². The highest BCUT2D eigenvalue weighted by atomic mass is 35.5. The first kappa shape index (κ1) is 18.5. The molecule has 2 amide bonds. The van der Waals surface area contributed by atoms with E-state index in [1.807, 2.05) is 24.4 Å². The van der Waals surface area contributed by atoms with Crippen molar-refractivity contribution in [3.8, 4) is 0 Å². The molecule has 2 heterocycles. The SMILES string of the molecule is O=C(Nc1ccc(F)cc1)[C@H]1CC(=O)N(CCc2c[nH]c3ccc(Cl)cc23)C1. The van der Waals surface area contributed by atoms with E-state index < -0.39 is 5.92 Å². The van der Waals surface area contributed by atoms with Crippen LogP contribution in [0.1, 0.15) is 12.0 Å². The topological polar surface area (TPSA) is 65.2 Å². The van der Waals surface area contributed by atoms with Gasteiger partial charge in [-0.25, -0.2) is 4.39 Å². The minimum atomic E-state index is -0.407. The smallest absolute Gasteiger partial charge is 0.229 e. The van der Waals surface area contributed by atoms with Crippen molar-refractivity contribution < 1.29 is 14.0 Å². The van der Waals surface area contributed by atoms with E-state index in [0.717, 1.165) is 16.5 Å². The Labute approximate surface area is 166 Å². The second-order valence-electron chi connectivity index (χ2n) is 6.99. The lowest BCUT2D eigenvalue weighted by Gasteiger charge is -2.16. The number of fused-ring (bicyclic) bond motifs is 1. The number of nitrogens with one attached hydrogen (secondary N) is 2. The zero-order chi connectivity index (χ0) is 19.7. The molecule has 1 aromatic heterocycles. The number of benzene rings is 2. The van der Waals surface area contributed by atoms with Gasteiger partial charge in [0.15, 0.2) is 0 Å². The van der Waals surface area contributed by atoms with E-state index in [4.69, 9.17) is 11.6 Å². The standard InChI is InChI=1S/C21H19ClFN3O2/c22-15-1-6-19-18(10-15)13(11-24-19)7-8-26-12-14(9-20(26)27)21(28)25-17-4-2-16(23)3-5-17/h1-6,10-11,14,24H,7-9,12H2,(H,25,28)/t14-/m0/s1. The van der Waals surface area contributed by atoms with Crippen LogP contribution in [0.15, 0.2) is 48.7 Å². The molecule has 7 heteroatoms. The number of rotatable bonds is 5. The van der Waals surface area contributed by atoms with Gasteiger partial charge >= 0.3 is 0 Å². The number of hydrogen-bond donors (Lipinski definition) is 2. The molecule has 0 bridgehead atoms. The lowest BCUT2D eigenvalue weighted by molar-refractivity contribution is -0.128. The molecule has 4 rings (SSSR count). The van der Waals surface area contributed by atoms with Gasteiger partial charge in [-0.3, -0.25) is 9.59 Å². The summed E-state index contributed by atoms with van der Waals surface area (Å²) < 4.78 is 13.0. The first-order valence-electron chi connectivity index (χ1n) is 9.09. The average Bonchev–Trinajstić information content (AvgIpc) is 3.25. The summed E-state index contributed by atoms with van der Waals surface area (Å²) in [6, 6.07) is 11.3. The largest absolute Gasteiger partial charge is 0.361 e. The number of anilines is 1. The van der Waals surface area contributed by atoms with Gasteiger partial charge in [-0.05, 0) is 54.4 Å². The molecule has 0 unspecified atom stereocenters. The molecule has 2 aromatic carbocycles. The Balaban J connectivity index is 1.37. The maximum Gasteiger partial charge on any atom is 0.229 e. The minimum Gasteiger partial charge on any atom is -0.361 e. The number of aromatic amines is 1. The average molecular weight is 400 g/mol. The number of carbonyl (C=O) groups is 2. The molecule has 1 fully saturated rings. The van der Waals surface area contributed by atoms with Crippen LogP contribution in [0.25, 0.3) is 10.9 Å². The van der Waals surface area contributed by atoms with E-state index in [2.05, 4.69) is 10.3 Å². The van der Waals surface area contributed by atoms with Crippen molar-refractivity contribution in [2.45, 2.75) is 12.8 Å². The Morgan fingerprint density at radius 1 is 1.25 bits per heavy atom. The minimum absolute atomic E-state index is 0.0304. The molecule has 144 valence electrons.